The van der Waals surface area contributed by atoms with Gasteiger partial charge >= 0.3 is 0 Å². The normalized spacial score (nSPS) is 19.4. The van der Waals surface area contributed by atoms with Gasteiger partial charge in [-0.15, -0.1) is 0 Å². The molecule has 1 fully saturated rings. The lowest BCUT2D eigenvalue weighted by Crippen LogP contribution is -2.41. The molecule has 1 unspecified atom stereocenters. The van der Waals surface area contributed by atoms with Gasteiger partial charge in [-0.25, -0.2) is 12.7 Å². The number of hydrogen-bond donors (Lipinski definition) is 0. The van der Waals surface area contributed by atoms with E-state index in [0.29, 0.717) is 43.9 Å². The van der Waals surface area contributed by atoms with E-state index >= 15 is 0 Å². The van der Waals surface area contributed by atoms with Crippen LogP contribution in [0.4, 0.5) is 0 Å². The van der Waals surface area contributed by atoms with Crippen molar-refractivity contribution in [1.29, 1.82) is 0 Å². The molecule has 3 rings (SSSR count). The van der Waals surface area contributed by atoms with Crippen LogP contribution < -0.4 is 4.80 Å². The molecule has 2 aromatic rings. The van der Waals surface area contributed by atoms with Crippen LogP contribution in [0.2, 0.25) is 0 Å². The quantitative estimate of drug-likeness (QED) is 0.664. The highest BCUT2D eigenvalue weighted by Gasteiger charge is 2.30. The summed E-state index contributed by atoms with van der Waals surface area (Å²) in [4.78, 5) is 17.9. The van der Waals surface area contributed by atoms with E-state index in [9.17, 15) is 13.2 Å². The van der Waals surface area contributed by atoms with Crippen LogP contribution in [-0.4, -0.2) is 55.8 Å². The van der Waals surface area contributed by atoms with Crippen molar-refractivity contribution in [2.75, 3.05) is 32.6 Å². The van der Waals surface area contributed by atoms with Gasteiger partial charge in [0.25, 0.3) is 5.91 Å². The van der Waals surface area contributed by atoms with Gasteiger partial charge in [0.1, 0.15) is 0 Å². The molecular formula is C19H27N3O4S2. The Kier molecular flexibility index (Phi) is 6.69. The van der Waals surface area contributed by atoms with Gasteiger partial charge in [0.2, 0.25) is 10.0 Å². The number of sulfonamides is 1. The van der Waals surface area contributed by atoms with Crippen LogP contribution in [0, 0.1) is 12.8 Å². The van der Waals surface area contributed by atoms with Crippen molar-refractivity contribution < 1.29 is 17.9 Å². The Bertz CT molecular complexity index is 1020. The van der Waals surface area contributed by atoms with Crippen LogP contribution >= 0.6 is 11.3 Å². The van der Waals surface area contributed by atoms with Gasteiger partial charge in [-0.05, 0) is 44.4 Å². The highest BCUT2D eigenvalue weighted by atomic mass is 32.2. The summed E-state index contributed by atoms with van der Waals surface area (Å²) in [5, 5.41) is 0. The molecule has 9 heteroatoms. The average Bonchev–Trinajstić information content (AvgIpc) is 2.97. The number of thiazole rings is 1. The highest BCUT2D eigenvalue weighted by Crippen LogP contribution is 2.21. The van der Waals surface area contributed by atoms with E-state index in [1.165, 1.54) is 21.9 Å². The number of aryl methyl sites for hydroxylation is 1. The standard InChI is InChI=1S/C19H27N3O4S2/c1-4-26-11-10-22-16-8-7-14(2)12-17(16)27-19(22)20-18(23)15-6-5-9-21(13-15)28(3,24)25/h7-8,12,15H,4-6,9-11,13H2,1-3H3. The lowest BCUT2D eigenvalue weighted by atomic mass is 9.99. The van der Waals surface area contributed by atoms with Crippen molar-refractivity contribution in [3.63, 3.8) is 0 Å². The largest absolute Gasteiger partial charge is 0.380 e. The monoisotopic (exact) mass is 425 g/mol. The fourth-order valence-corrected chi connectivity index (χ4v) is 5.48. The summed E-state index contributed by atoms with van der Waals surface area (Å²) in [6.45, 7) is 6.46. The third kappa shape index (κ3) is 4.89. The molecule has 0 saturated carbocycles. The van der Waals surface area contributed by atoms with Crippen LogP contribution in [0.15, 0.2) is 23.2 Å². The molecule has 1 aromatic carbocycles. The van der Waals surface area contributed by atoms with E-state index in [4.69, 9.17) is 4.74 Å². The fraction of sp³-hybridized carbons (Fsp3) is 0.579. The Hall–Kier alpha value is -1.55. The second kappa shape index (κ2) is 8.86. The predicted octanol–water partition coefficient (Wildman–Crippen LogP) is 2.15. The van der Waals surface area contributed by atoms with Crippen LogP contribution in [0.25, 0.3) is 10.2 Å². The smallest absolute Gasteiger partial charge is 0.252 e. The molecule has 0 spiro atoms. The van der Waals surface area contributed by atoms with E-state index < -0.39 is 15.9 Å². The van der Waals surface area contributed by atoms with Crippen LogP contribution in [-0.2, 0) is 26.1 Å². The first kappa shape index (κ1) is 21.2. The maximum Gasteiger partial charge on any atom is 0.252 e. The first-order valence-corrected chi connectivity index (χ1v) is 12.2. The Morgan fingerprint density at radius 2 is 2.18 bits per heavy atom. The third-order valence-electron chi connectivity index (χ3n) is 4.91. The molecule has 1 aliphatic rings. The van der Waals surface area contributed by atoms with Gasteiger partial charge in [0.15, 0.2) is 4.80 Å². The topological polar surface area (TPSA) is 81.0 Å². The van der Waals surface area contributed by atoms with Crippen molar-refractivity contribution in [3.05, 3.63) is 28.6 Å². The molecule has 2 heterocycles. The summed E-state index contributed by atoms with van der Waals surface area (Å²) >= 11 is 1.48. The molecule has 1 aromatic heterocycles. The fourth-order valence-electron chi connectivity index (χ4n) is 3.41. The second-order valence-electron chi connectivity index (χ2n) is 7.11. The summed E-state index contributed by atoms with van der Waals surface area (Å²) in [6.07, 6.45) is 2.53. The minimum atomic E-state index is -3.29. The van der Waals surface area contributed by atoms with Gasteiger partial charge in [-0.2, -0.15) is 4.99 Å². The van der Waals surface area contributed by atoms with Crippen molar-refractivity contribution in [2.45, 2.75) is 33.2 Å². The maximum atomic E-state index is 12.8. The van der Waals surface area contributed by atoms with E-state index in [2.05, 4.69) is 11.1 Å². The number of nitrogens with zero attached hydrogens (tertiary/aromatic N) is 3. The minimum Gasteiger partial charge on any atom is -0.380 e. The molecule has 7 nitrogen and oxygen atoms in total. The SMILES string of the molecule is CCOCCn1c(=NC(=O)C2CCCN(S(C)(=O)=O)C2)sc2cc(C)ccc21. The number of piperidine rings is 1. The molecular weight excluding hydrogens is 398 g/mol. The number of carbonyl (C=O) groups excluding carboxylic acids is 1. The van der Waals surface area contributed by atoms with Crippen LogP contribution in [0.5, 0.6) is 0 Å². The van der Waals surface area contributed by atoms with Crippen molar-refractivity contribution >= 4 is 37.5 Å². The highest BCUT2D eigenvalue weighted by molar-refractivity contribution is 7.88. The molecule has 154 valence electrons. The molecule has 0 bridgehead atoms. The van der Waals surface area contributed by atoms with Gasteiger partial charge in [0.05, 0.1) is 29.0 Å². The summed E-state index contributed by atoms with van der Waals surface area (Å²) < 4.78 is 33.6. The number of amides is 1. The predicted molar refractivity (Wildman–Crippen MR) is 111 cm³/mol. The summed E-state index contributed by atoms with van der Waals surface area (Å²) in [5.74, 6) is -0.641. The van der Waals surface area contributed by atoms with E-state index in [-0.39, 0.29) is 12.5 Å². The van der Waals surface area contributed by atoms with E-state index in [1.807, 2.05) is 30.5 Å². The summed E-state index contributed by atoms with van der Waals surface area (Å²) in [5.41, 5.74) is 2.18. The lowest BCUT2D eigenvalue weighted by molar-refractivity contribution is -0.122. The third-order valence-corrected chi connectivity index (χ3v) is 7.22. The molecule has 1 amide bonds. The molecule has 1 saturated heterocycles. The zero-order valence-electron chi connectivity index (χ0n) is 16.6. The number of benzene rings is 1. The van der Waals surface area contributed by atoms with Crippen LogP contribution in [0.3, 0.4) is 0 Å². The number of fused-ring (bicyclic) bond motifs is 1. The molecule has 1 aliphatic heterocycles. The van der Waals surface area contributed by atoms with Gasteiger partial charge in [-0.1, -0.05) is 17.4 Å². The number of rotatable bonds is 6. The Balaban J connectivity index is 1.93. The number of aromatic nitrogens is 1. The van der Waals surface area contributed by atoms with Crippen LogP contribution in [0.1, 0.15) is 25.3 Å². The van der Waals surface area contributed by atoms with Crippen molar-refractivity contribution in [3.8, 4) is 0 Å². The molecule has 28 heavy (non-hydrogen) atoms. The first-order chi connectivity index (χ1) is 13.3. The summed E-state index contributed by atoms with van der Waals surface area (Å²) in [6, 6.07) is 6.18. The number of carbonyl (C=O) groups is 1. The van der Waals surface area contributed by atoms with E-state index in [0.717, 1.165) is 15.8 Å². The average molecular weight is 426 g/mol. The molecule has 1 atom stereocenters. The van der Waals surface area contributed by atoms with Crippen molar-refractivity contribution in [2.24, 2.45) is 10.9 Å². The van der Waals surface area contributed by atoms with Gasteiger partial charge in [0, 0.05) is 26.2 Å². The Labute approximate surface area is 169 Å². The maximum absolute atomic E-state index is 12.8. The van der Waals surface area contributed by atoms with Gasteiger partial charge in [-0.3, -0.25) is 4.79 Å². The first-order valence-electron chi connectivity index (χ1n) is 9.51. The second-order valence-corrected chi connectivity index (χ2v) is 10.1. The Morgan fingerprint density at radius 1 is 1.39 bits per heavy atom. The lowest BCUT2D eigenvalue weighted by Gasteiger charge is -2.28. The zero-order chi connectivity index (χ0) is 20.3. The Morgan fingerprint density at radius 3 is 2.89 bits per heavy atom. The summed E-state index contributed by atoms with van der Waals surface area (Å²) in [7, 11) is -3.29. The number of ether oxygens (including phenoxy) is 1. The van der Waals surface area contributed by atoms with Gasteiger partial charge < -0.3 is 9.30 Å². The molecule has 0 N–H and O–H groups in total. The number of hydrogen-bond acceptors (Lipinski definition) is 5. The zero-order valence-corrected chi connectivity index (χ0v) is 18.2. The van der Waals surface area contributed by atoms with E-state index in [1.54, 1.807) is 0 Å². The molecule has 0 aliphatic carbocycles. The van der Waals surface area contributed by atoms with Crippen molar-refractivity contribution in [1.82, 2.24) is 8.87 Å². The minimum absolute atomic E-state index is 0.212. The molecule has 0 radical (unpaired) electrons.